The molecule has 0 bridgehead atoms. The van der Waals surface area contributed by atoms with Crippen LogP contribution < -0.4 is 5.32 Å². The summed E-state index contributed by atoms with van der Waals surface area (Å²) < 4.78 is 1.81. The van der Waals surface area contributed by atoms with Crippen LogP contribution in [0.25, 0.3) is 0 Å². The Balaban J connectivity index is 2.04. The number of hydrogen-bond donors (Lipinski definition) is 1. The summed E-state index contributed by atoms with van der Waals surface area (Å²) in [6, 6.07) is 9.05. The van der Waals surface area contributed by atoms with Gasteiger partial charge in [-0.15, -0.1) is 0 Å². The smallest absolute Gasteiger partial charge is 0.185 e. The van der Waals surface area contributed by atoms with E-state index < -0.39 is 0 Å². The zero-order valence-electron chi connectivity index (χ0n) is 11.6. The van der Waals surface area contributed by atoms with Gasteiger partial charge in [-0.2, -0.15) is 5.10 Å². The second kappa shape index (κ2) is 6.73. The first-order valence-electron chi connectivity index (χ1n) is 6.47. The van der Waals surface area contributed by atoms with Gasteiger partial charge in [0.2, 0.25) is 0 Å². The summed E-state index contributed by atoms with van der Waals surface area (Å²) in [4.78, 5) is 4.24. The van der Waals surface area contributed by atoms with Gasteiger partial charge in [-0.3, -0.25) is 0 Å². The lowest BCUT2D eigenvalue weighted by molar-refractivity contribution is 0.603. The lowest BCUT2D eigenvalue weighted by Crippen LogP contribution is -2.23. The van der Waals surface area contributed by atoms with Gasteiger partial charge in [0.05, 0.1) is 0 Å². The molecule has 1 N–H and O–H groups in total. The third-order valence-corrected chi connectivity index (χ3v) is 4.11. The molecule has 0 saturated carbocycles. The molecule has 1 atom stereocenters. The van der Waals surface area contributed by atoms with Crippen molar-refractivity contribution in [3.05, 3.63) is 41.7 Å². The minimum absolute atomic E-state index is 0.340. The van der Waals surface area contributed by atoms with E-state index in [-0.39, 0.29) is 0 Å². The molecule has 1 aromatic heterocycles. The van der Waals surface area contributed by atoms with Gasteiger partial charge in [0.15, 0.2) is 5.16 Å². The Morgan fingerprint density at radius 1 is 1.32 bits per heavy atom. The Morgan fingerprint density at radius 3 is 2.63 bits per heavy atom. The summed E-state index contributed by atoms with van der Waals surface area (Å²) in [5, 5.41) is 8.56. The van der Waals surface area contributed by atoms with Crippen LogP contribution in [-0.2, 0) is 7.05 Å². The Labute approximate surface area is 118 Å². The van der Waals surface area contributed by atoms with Crippen molar-refractivity contribution >= 4 is 11.8 Å². The van der Waals surface area contributed by atoms with Crippen molar-refractivity contribution in [1.29, 1.82) is 0 Å². The molecule has 4 nitrogen and oxygen atoms in total. The number of benzene rings is 1. The van der Waals surface area contributed by atoms with Gasteiger partial charge in [-0.25, -0.2) is 9.67 Å². The number of hydrogen-bond acceptors (Lipinski definition) is 4. The van der Waals surface area contributed by atoms with E-state index in [2.05, 4.69) is 53.5 Å². The molecule has 5 heteroatoms. The van der Waals surface area contributed by atoms with Crippen molar-refractivity contribution in [2.24, 2.45) is 7.05 Å². The van der Waals surface area contributed by atoms with Gasteiger partial charge in [0.1, 0.15) is 6.33 Å². The monoisotopic (exact) mass is 276 g/mol. The number of nitrogens with one attached hydrogen (secondary N) is 1. The summed E-state index contributed by atoms with van der Waals surface area (Å²) in [5.74, 6) is 0.948. The zero-order valence-corrected chi connectivity index (χ0v) is 12.4. The van der Waals surface area contributed by atoms with Crippen molar-refractivity contribution in [3.63, 3.8) is 0 Å². The molecule has 0 fully saturated rings. The summed E-state index contributed by atoms with van der Waals surface area (Å²) in [6.07, 6.45) is 1.59. The highest BCUT2D eigenvalue weighted by molar-refractivity contribution is 7.99. The highest BCUT2D eigenvalue weighted by Crippen LogP contribution is 2.23. The quantitative estimate of drug-likeness (QED) is 0.824. The Hall–Kier alpha value is -1.33. The standard InChI is InChI=1S/C14H20N4S/c1-4-15-13(12-7-5-11(2)6-8-12)9-19-14-16-10-17-18(14)3/h5-8,10,13,15H,4,9H2,1-3H3. The number of aromatic nitrogens is 3. The van der Waals surface area contributed by atoms with E-state index in [0.29, 0.717) is 6.04 Å². The fourth-order valence-corrected chi connectivity index (χ4v) is 2.87. The van der Waals surface area contributed by atoms with E-state index in [9.17, 15) is 0 Å². The topological polar surface area (TPSA) is 42.7 Å². The molecule has 0 saturated heterocycles. The molecule has 102 valence electrons. The molecule has 0 amide bonds. The maximum Gasteiger partial charge on any atom is 0.185 e. The molecule has 1 unspecified atom stereocenters. The van der Waals surface area contributed by atoms with Crippen LogP contribution in [0.2, 0.25) is 0 Å². The minimum atomic E-state index is 0.340. The third kappa shape index (κ3) is 3.81. The van der Waals surface area contributed by atoms with Crippen LogP contribution in [0.1, 0.15) is 24.1 Å². The average Bonchev–Trinajstić information content (AvgIpc) is 2.81. The fraction of sp³-hybridized carbons (Fsp3) is 0.429. The Morgan fingerprint density at radius 2 is 2.05 bits per heavy atom. The first kappa shape index (κ1) is 14.1. The van der Waals surface area contributed by atoms with Crippen molar-refractivity contribution in [3.8, 4) is 0 Å². The number of nitrogens with zero attached hydrogens (tertiary/aromatic N) is 3. The van der Waals surface area contributed by atoms with E-state index in [1.807, 2.05) is 11.7 Å². The average molecular weight is 276 g/mol. The molecular weight excluding hydrogens is 256 g/mol. The van der Waals surface area contributed by atoms with Crippen molar-refractivity contribution in [1.82, 2.24) is 20.1 Å². The number of rotatable bonds is 6. The van der Waals surface area contributed by atoms with Crippen LogP contribution in [0.3, 0.4) is 0 Å². The molecule has 2 rings (SSSR count). The molecular formula is C14H20N4S. The Kier molecular flexibility index (Phi) is 4.99. The maximum atomic E-state index is 4.24. The Bertz CT molecular complexity index is 506. The predicted molar refractivity (Wildman–Crippen MR) is 79.3 cm³/mol. The van der Waals surface area contributed by atoms with Crippen LogP contribution in [0, 0.1) is 6.92 Å². The van der Waals surface area contributed by atoms with Gasteiger partial charge in [-0.05, 0) is 19.0 Å². The van der Waals surface area contributed by atoms with E-state index >= 15 is 0 Å². The molecule has 0 radical (unpaired) electrons. The number of aryl methyl sites for hydroxylation is 2. The van der Waals surface area contributed by atoms with Crippen LogP contribution >= 0.6 is 11.8 Å². The first-order valence-corrected chi connectivity index (χ1v) is 7.46. The van der Waals surface area contributed by atoms with Gasteiger partial charge < -0.3 is 5.32 Å². The van der Waals surface area contributed by atoms with Crippen molar-refractivity contribution in [2.75, 3.05) is 12.3 Å². The molecule has 0 spiro atoms. The van der Waals surface area contributed by atoms with E-state index in [1.165, 1.54) is 11.1 Å². The van der Waals surface area contributed by atoms with E-state index in [4.69, 9.17) is 0 Å². The fourth-order valence-electron chi connectivity index (χ4n) is 1.89. The first-order chi connectivity index (χ1) is 9.20. The lowest BCUT2D eigenvalue weighted by atomic mass is 10.1. The maximum absolute atomic E-state index is 4.24. The molecule has 1 heterocycles. The van der Waals surface area contributed by atoms with Gasteiger partial charge >= 0.3 is 0 Å². The summed E-state index contributed by atoms with van der Waals surface area (Å²) in [7, 11) is 1.92. The zero-order chi connectivity index (χ0) is 13.7. The normalized spacial score (nSPS) is 12.6. The van der Waals surface area contributed by atoms with E-state index in [0.717, 1.165) is 17.5 Å². The molecule has 0 aliphatic carbocycles. The van der Waals surface area contributed by atoms with E-state index in [1.54, 1.807) is 18.1 Å². The highest BCUT2D eigenvalue weighted by Gasteiger charge is 2.12. The van der Waals surface area contributed by atoms with Gasteiger partial charge in [0, 0.05) is 18.8 Å². The number of thioether (sulfide) groups is 1. The SMILES string of the molecule is CCNC(CSc1ncnn1C)c1ccc(C)cc1. The third-order valence-electron chi connectivity index (χ3n) is 2.98. The summed E-state index contributed by atoms with van der Waals surface area (Å²) in [6.45, 7) is 5.20. The largest absolute Gasteiger partial charge is 0.309 e. The van der Waals surface area contributed by atoms with Crippen molar-refractivity contribution < 1.29 is 0 Å². The summed E-state index contributed by atoms with van der Waals surface area (Å²) in [5.41, 5.74) is 2.61. The molecule has 0 aliphatic rings. The van der Waals surface area contributed by atoms with Crippen molar-refractivity contribution in [2.45, 2.75) is 25.0 Å². The minimum Gasteiger partial charge on any atom is -0.309 e. The van der Waals surface area contributed by atoms with Crippen LogP contribution in [-0.4, -0.2) is 27.1 Å². The highest BCUT2D eigenvalue weighted by atomic mass is 32.2. The summed E-state index contributed by atoms with van der Waals surface area (Å²) >= 11 is 1.73. The molecule has 1 aromatic carbocycles. The molecule has 19 heavy (non-hydrogen) atoms. The second-order valence-electron chi connectivity index (χ2n) is 4.50. The molecule has 2 aromatic rings. The van der Waals surface area contributed by atoms with Crippen LogP contribution in [0.5, 0.6) is 0 Å². The van der Waals surface area contributed by atoms with Gasteiger partial charge in [0.25, 0.3) is 0 Å². The molecule has 0 aliphatic heterocycles. The van der Waals surface area contributed by atoms with Gasteiger partial charge in [-0.1, -0.05) is 48.5 Å². The van der Waals surface area contributed by atoms with Crippen LogP contribution in [0.4, 0.5) is 0 Å². The second-order valence-corrected chi connectivity index (χ2v) is 5.49. The predicted octanol–water partition coefficient (Wildman–Crippen LogP) is 2.57. The van der Waals surface area contributed by atoms with Crippen LogP contribution in [0.15, 0.2) is 35.7 Å². The lowest BCUT2D eigenvalue weighted by Gasteiger charge is -2.17.